The van der Waals surface area contributed by atoms with Crippen LogP contribution in [-0.4, -0.2) is 11.9 Å². The molecule has 0 radical (unpaired) electrons. The highest BCUT2D eigenvalue weighted by Crippen LogP contribution is 2.36. The highest BCUT2D eigenvalue weighted by Gasteiger charge is 2.36. The molecule has 3 aromatic carbocycles. The zero-order valence-electron chi connectivity index (χ0n) is 22.5. The van der Waals surface area contributed by atoms with E-state index >= 15 is 0 Å². The smallest absolute Gasteiger partial charge is 0.426 e. The number of benzene rings is 3. The van der Waals surface area contributed by atoms with Gasteiger partial charge in [-0.25, -0.2) is 9.59 Å². The van der Waals surface area contributed by atoms with Gasteiger partial charge in [-0.3, -0.25) is 0 Å². The molecule has 3 rings (SSSR count). The lowest BCUT2D eigenvalue weighted by Gasteiger charge is -2.20. The lowest BCUT2D eigenvalue weighted by atomic mass is 10.2. The summed E-state index contributed by atoms with van der Waals surface area (Å²) in [6.45, 7) is 14.5. The monoisotopic (exact) mass is 562 g/mol. The Morgan fingerprint density at radius 3 is 1.05 bits per heavy atom. The Kier molecular flexibility index (Phi) is 13.1. The summed E-state index contributed by atoms with van der Waals surface area (Å²) in [6, 6.07) is 12.8. The second-order valence-electron chi connectivity index (χ2n) is 7.01. The van der Waals surface area contributed by atoms with Crippen LogP contribution in [-0.2, 0) is 21.8 Å². The maximum Gasteiger partial charge on any atom is 0.426 e. The summed E-state index contributed by atoms with van der Waals surface area (Å²) in [6.07, 6.45) is -5.70. The third-order valence-electron chi connectivity index (χ3n) is 4.47. The zero-order chi connectivity index (χ0) is 30.3. The van der Waals surface area contributed by atoms with Crippen molar-refractivity contribution in [3.63, 3.8) is 0 Å². The third-order valence-corrected chi connectivity index (χ3v) is 4.47. The van der Waals surface area contributed by atoms with E-state index in [1.807, 2.05) is 27.7 Å². The first-order valence-corrected chi connectivity index (χ1v) is 12.2. The Balaban J connectivity index is 0.00000191. The van der Waals surface area contributed by atoms with Crippen LogP contribution in [0.3, 0.4) is 0 Å². The predicted molar refractivity (Wildman–Crippen MR) is 143 cm³/mol. The molecule has 0 aliphatic heterocycles. The van der Waals surface area contributed by atoms with Crippen molar-refractivity contribution in [3.8, 4) is 23.0 Å². The molecule has 0 aromatic heterocycles. The Morgan fingerprint density at radius 2 is 0.800 bits per heavy atom. The quantitative estimate of drug-likeness (QED) is 0.107. The molecular formula is C30H30F4O6. The van der Waals surface area contributed by atoms with Crippen LogP contribution in [0.2, 0.25) is 0 Å². The SMILES string of the molecule is C=CC(=O)Oc1ccc(C(F)(F)Oc2ccc(OC(F)(F)c3ccc(OC(=O)C=C)cc3)cc2)cc1.CC.CC. The number of hydrogen-bond donors (Lipinski definition) is 0. The van der Waals surface area contributed by atoms with Crippen LogP contribution in [0.4, 0.5) is 17.6 Å². The highest BCUT2D eigenvalue weighted by atomic mass is 19.3. The molecule has 3 aromatic rings. The zero-order valence-corrected chi connectivity index (χ0v) is 22.5. The molecule has 0 fully saturated rings. The first kappa shape index (κ1) is 33.4. The number of esters is 2. The van der Waals surface area contributed by atoms with E-state index in [4.69, 9.17) is 18.9 Å². The second-order valence-corrected chi connectivity index (χ2v) is 7.01. The van der Waals surface area contributed by atoms with Crippen LogP contribution in [0.25, 0.3) is 0 Å². The number of carbonyl (C=O) groups is 2. The van der Waals surface area contributed by atoms with Crippen molar-refractivity contribution in [1.29, 1.82) is 0 Å². The number of hydrogen-bond acceptors (Lipinski definition) is 6. The van der Waals surface area contributed by atoms with E-state index in [0.717, 1.165) is 84.9 Å². The minimum Gasteiger partial charge on any atom is -0.429 e. The standard InChI is InChI=1S/C26H18F4O6.2C2H6/c1-3-23(31)33-19-9-5-17(6-10-19)25(27,28)35-21-13-15-22(16-14-21)36-26(29,30)18-7-11-20(12-8-18)34-24(32)4-2;2*1-2/h3-16H,1-2H2;2*1-2H3. The maximum atomic E-state index is 14.5. The second kappa shape index (κ2) is 15.7. The van der Waals surface area contributed by atoms with Crippen molar-refractivity contribution in [3.05, 3.63) is 109 Å². The van der Waals surface area contributed by atoms with Crippen LogP contribution >= 0.6 is 0 Å². The first-order valence-electron chi connectivity index (χ1n) is 12.2. The average molecular weight is 563 g/mol. The van der Waals surface area contributed by atoms with Crippen LogP contribution < -0.4 is 18.9 Å². The molecule has 0 N–H and O–H groups in total. The normalized spacial score (nSPS) is 10.4. The van der Waals surface area contributed by atoms with Gasteiger partial charge in [0, 0.05) is 12.2 Å². The van der Waals surface area contributed by atoms with E-state index < -0.39 is 35.3 Å². The molecule has 0 amide bonds. The maximum absolute atomic E-state index is 14.5. The Morgan fingerprint density at radius 1 is 0.550 bits per heavy atom. The molecule has 10 heteroatoms. The van der Waals surface area contributed by atoms with Crippen LogP contribution in [0.5, 0.6) is 23.0 Å². The van der Waals surface area contributed by atoms with E-state index in [9.17, 15) is 27.2 Å². The predicted octanol–water partition coefficient (Wildman–Crippen LogP) is 8.18. The van der Waals surface area contributed by atoms with E-state index in [-0.39, 0.29) is 23.0 Å². The summed E-state index contributed by atoms with van der Waals surface area (Å²) in [7, 11) is 0. The lowest BCUT2D eigenvalue weighted by molar-refractivity contribution is -0.188. The molecule has 40 heavy (non-hydrogen) atoms. The van der Waals surface area contributed by atoms with Crippen LogP contribution in [0.1, 0.15) is 38.8 Å². The summed E-state index contributed by atoms with van der Waals surface area (Å²) < 4.78 is 77.0. The molecular weight excluding hydrogens is 532 g/mol. The Hall–Kier alpha value is -4.60. The van der Waals surface area contributed by atoms with Crippen LogP contribution in [0.15, 0.2) is 98.1 Å². The molecule has 0 unspecified atom stereocenters. The minimum absolute atomic E-state index is 0.0364. The third kappa shape index (κ3) is 9.94. The van der Waals surface area contributed by atoms with Crippen molar-refractivity contribution in [1.82, 2.24) is 0 Å². The fourth-order valence-corrected chi connectivity index (χ4v) is 2.74. The molecule has 0 heterocycles. The van der Waals surface area contributed by atoms with Gasteiger partial charge in [-0.1, -0.05) is 40.9 Å². The van der Waals surface area contributed by atoms with Gasteiger partial charge in [-0.2, -0.15) is 17.6 Å². The highest BCUT2D eigenvalue weighted by molar-refractivity contribution is 5.83. The number of ether oxygens (including phenoxy) is 4. The summed E-state index contributed by atoms with van der Waals surface area (Å²) in [5, 5.41) is 0. The lowest BCUT2D eigenvalue weighted by Crippen LogP contribution is -2.22. The van der Waals surface area contributed by atoms with E-state index in [2.05, 4.69) is 13.2 Å². The molecule has 0 spiro atoms. The van der Waals surface area contributed by atoms with Crippen molar-refractivity contribution >= 4 is 11.9 Å². The summed E-state index contributed by atoms with van der Waals surface area (Å²) in [5.74, 6) is -2.05. The van der Waals surface area contributed by atoms with E-state index in [1.165, 1.54) is 0 Å². The molecule has 0 atom stereocenters. The number of halogens is 4. The summed E-state index contributed by atoms with van der Waals surface area (Å²) in [4.78, 5) is 22.3. The van der Waals surface area contributed by atoms with E-state index in [1.54, 1.807) is 0 Å². The van der Waals surface area contributed by atoms with Crippen molar-refractivity contribution in [2.45, 2.75) is 39.9 Å². The molecule has 6 nitrogen and oxygen atoms in total. The van der Waals surface area contributed by atoms with Crippen molar-refractivity contribution < 1.29 is 46.1 Å². The van der Waals surface area contributed by atoms with E-state index in [0.29, 0.717) is 0 Å². The summed E-state index contributed by atoms with van der Waals surface area (Å²) >= 11 is 0. The molecule has 214 valence electrons. The molecule has 0 saturated heterocycles. The molecule has 0 saturated carbocycles. The fraction of sp³-hybridized carbons (Fsp3) is 0.200. The van der Waals surface area contributed by atoms with Crippen LogP contribution in [0, 0.1) is 0 Å². The van der Waals surface area contributed by atoms with Gasteiger partial charge in [-0.05, 0) is 72.8 Å². The first-order chi connectivity index (χ1) is 19.0. The van der Waals surface area contributed by atoms with Gasteiger partial charge in [0.15, 0.2) is 0 Å². The largest absolute Gasteiger partial charge is 0.429 e. The number of carbonyl (C=O) groups excluding carboxylic acids is 2. The topological polar surface area (TPSA) is 71.1 Å². The van der Waals surface area contributed by atoms with Gasteiger partial charge in [-0.15, -0.1) is 0 Å². The van der Waals surface area contributed by atoms with Gasteiger partial charge in [0.2, 0.25) is 0 Å². The molecule has 0 bridgehead atoms. The Labute approximate surface area is 230 Å². The van der Waals surface area contributed by atoms with Crippen molar-refractivity contribution in [2.75, 3.05) is 0 Å². The number of rotatable bonds is 10. The molecule has 0 aliphatic rings. The van der Waals surface area contributed by atoms with Crippen molar-refractivity contribution in [2.24, 2.45) is 0 Å². The number of alkyl halides is 4. The van der Waals surface area contributed by atoms with Gasteiger partial charge < -0.3 is 18.9 Å². The Bertz CT molecular complexity index is 1140. The van der Waals surface area contributed by atoms with Gasteiger partial charge in [0.05, 0.1) is 11.1 Å². The molecule has 0 aliphatic carbocycles. The summed E-state index contributed by atoms with van der Waals surface area (Å²) in [5.41, 5.74) is -1.06. The van der Waals surface area contributed by atoms with Gasteiger partial charge >= 0.3 is 24.2 Å². The fourth-order valence-electron chi connectivity index (χ4n) is 2.74. The van der Waals surface area contributed by atoms with Gasteiger partial charge in [0.1, 0.15) is 23.0 Å². The minimum atomic E-state index is -3.77. The average Bonchev–Trinajstić information content (AvgIpc) is 2.96. The van der Waals surface area contributed by atoms with Gasteiger partial charge in [0.25, 0.3) is 0 Å².